The molecule has 23 nitrogen and oxygen atoms in total. The van der Waals surface area contributed by atoms with Crippen LogP contribution in [0.1, 0.15) is 144 Å². The Morgan fingerprint density at radius 2 is 1.22 bits per heavy atom. The van der Waals surface area contributed by atoms with Gasteiger partial charge in [-0.25, -0.2) is 0 Å². The number of benzene rings is 2. The summed E-state index contributed by atoms with van der Waals surface area (Å²) >= 11 is 0. The van der Waals surface area contributed by atoms with Crippen molar-refractivity contribution in [2.24, 2.45) is 23.7 Å². The molecule has 11 atom stereocenters. The summed E-state index contributed by atoms with van der Waals surface area (Å²) in [5.41, 5.74) is 2.34. The van der Waals surface area contributed by atoms with Gasteiger partial charge in [0.15, 0.2) is 0 Å². The molecule has 0 radical (unpaired) electrons. The van der Waals surface area contributed by atoms with Crippen LogP contribution in [-0.2, 0) is 60.8 Å². The van der Waals surface area contributed by atoms with Crippen molar-refractivity contribution in [2.45, 2.75) is 207 Å². The molecule has 7 N–H and O–H groups in total. The minimum atomic E-state index is -1.61. The van der Waals surface area contributed by atoms with Gasteiger partial charge in [0, 0.05) is 61.2 Å². The van der Waals surface area contributed by atoms with E-state index < -0.39 is 132 Å². The molecule has 2 aliphatic heterocycles. The van der Waals surface area contributed by atoms with Crippen LogP contribution in [0.4, 0.5) is 0 Å². The van der Waals surface area contributed by atoms with E-state index in [0.717, 1.165) is 45.8 Å². The number of carbonyl (C=O) groups is 10. The summed E-state index contributed by atoms with van der Waals surface area (Å²) in [6.45, 7) is 19.5. The number of allylic oxidation sites excluding steroid dienone is 1. The predicted molar refractivity (Wildman–Crippen MR) is 350 cm³/mol. The monoisotopic (exact) mass is 1270 g/mol. The summed E-state index contributed by atoms with van der Waals surface area (Å²) in [5.74, 6) is -6.75. The molecule has 0 aromatic heterocycles. The molecule has 10 amide bonds. The molecular weight excluding hydrogens is 1160 g/mol. The number of likely N-dealkylation sites (tertiary alicyclic amines) is 1. The molecule has 91 heavy (non-hydrogen) atoms. The number of rotatable bonds is 11. The van der Waals surface area contributed by atoms with Crippen LogP contribution < -0.4 is 26.6 Å². The van der Waals surface area contributed by atoms with Crippen LogP contribution in [-0.4, -0.2) is 220 Å². The zero-order chi connectivity index (χ0) is 68.1. The number of hydrogen-bond donors (Lipinski definition) is 7. The average Bonchev–Trinajstić information content (AvgIpc) is 0.931. The summed E-state index contributed by atoms with van der Waals surface area (Å²) < 4.78 is 0. The van der Waals surface area contributed by atoms with Gasteiger partial charge >= 0.3 is 0 Å². The molecule has 0 saturated carbocycles. The topological polar surface area (TPSA) is 291 Å². The maximum Gasteiger partial charge on any atom is 0.248 e. The fraction of sp³-hybridized carbons (Fsp3) is 0.647. The van der Waals surface area contributed by atoms with Gasteiger partial charge in [-0.05, 0) is 112 Å². The van der Waals surface area contributed by atoms with Gasteiger partial charge in [0.25, 0.3) is 0 Å². The zero-order valence-electron chi connectivity index (χ0n) is 56.9. The largest absolute Gasteiger partial charge is 0.391 e. The van der Waals surface area contributed by atoms with E-state index in [-0.39, 0.29) is 55.8 Å². The molecule has 506 valence electrons. The van der Waals surface area contributed by atoms with Gasteiger partial charge in [-0.1, -0.05) is 122 Å². The Kier molecular flexibility index (Phi) is 30.3. The van der Waals surface area contributed by atoms with Crippen LogP contribution in [0.25, 0.3) is 6.08 Å². The Balaban J connectivity index is 1.79. The van der Waals surface area contributed by atoms with Crippen LogP contribution in [0.2, 0.25) is 0 Å². The van der Waals surface area contributed by atoms with Crippen molar-refractivity contribution in [3.05, 3.63) is 77.4 Å². The Morgan fingerprint density at radius 3 is 1.81 bits per heavy atom. The Hall–Kier alpha value is -7.24. The first kappa shape index (κ1) is 76.2. The van der Waals surface area contributed by atoms with Crippen molar-refractivity contribution in [3.8, 4) is 0 Å². The van der Waals surface area contributed by atoms with Crippen LogP contribution in [0.5, 0.6) is 0 Å². The SMILES string of the molecule is CC(C)C[C@@H]1NC(=O)[C@H](CC(C)C)N(C)C(=O)[C@H](C)NC(=O)[C@H](C)N(C)C(=O)[C@H]([C@@H](C)O)NC(=O)CN(C)C(=O)[C@H](C(C)C)N(C)C(=O)[C@H](CC(C)C)N(C)C(=O)[C@H](Cc2ccccc2)NC(=O)CC/C=C/c2cccc(c2)C[C@@H](C(=O)N2CCCCC2)NC1O. The summed E-state index contributed by atoms with van der Waals surface area (Å²) in [7, 11) is 7.07. The third kappa shape index (κ3) is 22.8. The number of hydrogen-bond acceptors (Lipinski definition) is 13. The minimum absolute atomic E-state index is 0.00990. The molecule has 4 rings (SSSR count). The summed E-state index contributed by atoms with van der Waals surface area (Å²) in [6, 6.07) is 6.40. The standard InChI is InChI=1S/C68H107N11O12/c1-41(2)34-51-61(84)72-53(65(88)79-32-23-18-24-33-79)39-50-30-25-29-48(37-50)28-21-22-31-56(81)70-52(38-49-26-19-17-20-27-49)64(87)77(15)55(36-43(5)6)66(89)78(16)59(44(7)8)68(91)74(12)40-57(82)73-58(47(11)80)67(90)75(13)46(10)60(83)69-45(9)63(86)76(14)54(35-42(3)4)62(85)71-51/h17,19-21,25-30,37,41-47,51-55,58-59,61,72,80,84H,18,22-24,31-36,38-40H2,1-16H3,(H,69,83)(H,70,81)(H,71,85)(H,73,82)/b28-21+/t45-,46-,47+,51-,52-,53-,54-,55-,58-,59-,61?/m0/s1. The lowest BCUT2D eigenvalue weighted by atomic mass is 9.96. The molecule has 1 unspecified atom stereocenters. The number of carbonyl (C=O) groups excluding carboxylic acids is 10. The molecule has 0 aliphatic carbocycles. The lowest BCUT2D eigenvalue weighted by molar-refractivity contribution is -0.153. The number of aliphatic hydroxyl groups excluding tert-OH is 2. The molecular formula is C68H107N11O12. The normalized spacial score (nSPS) is 26.5. The van der Waals surface area contributed by atoms with Crippen LogP contribution in [0, 0.1) is 23.7 Å². The van der Waals surface area contributed by atoms with Crippen LogP contribution in [0.3, 0.4) is 0 Å². The maximum absolute atomic E-state index is 14.9. The summed E-state index contributed by atoms with van der Waals surface area (Å²) in [4.78, 5) is 151. The van der Waals surface area contributed by atoms with Crippen molar-refractivity contribution in [3.63, 3.8) is 0 Å². The molecule has 23 heteroatoms. The number of amides is 10. The second-order valence-electron chi connectivity index (χ2n) is 26.7. The van der Waals surface area contributed by atoms with E-state index in [2.05, 4.69) is 26.6 Å². The molecule has 2 bridgehead atoms. The lowest BCUT2D eigenvalue weighted by Crippen LogP contribution is -2.61. The highest BCUT2D eigenvalue weighted by molar-refractivity contribution is 5.97. The van der Waals surface area contributed by atoms with Gasteiger partial charge in [0.2, 0.25) is 59.1 Å². The number of nitrogens with zero attached hydrogens (tertiary/aromatic N) is 6. The van der Waals surface area contributed by atoms with Crippen molar-refractivity contribution in [2.75, 3.05) is 54.9 Å². The van der Waals surface area contributed by atoms with Crippen molar-refractivity contribution >= 4 is 65.1 Å². The number of aliphatic hydroxyl groups is 2. The lowest BCUT2D eigenvalue weighted by Gasteiger charge is -2.38. The Morgan fingerprint density at radius 1 is 0.615 bits per heavy atom. The molecule has 2 aliphatic rings. The minimum Gasteiger partial charge on any atom is -0.391 e. The molecule has 2 aromatic carbocycles. The highest BCUT2D eigenvalue weighted by Crippen LogP contribution is 2.23. The quantitative estimate of drug-likeness (QED) is 0.170. The number of fused-ring (bicyclic) bond motifs is 2. The molecule has 2 aromatic rings. The van der Waals surface area contributed by atoms with E-state index >= 15 is 0 Å². The number of nitrogens with one attached hydrogen (secondary N) is 5. The number of piperidine rings is 1. The van der Waals surface area contributed by atoms with E-state index in [1.807, 2.05) is 108 Å². The highest BCUT2D eigenvalue weighted by atomic mass is 16.3. The van der Waals surface area contributed by atoms with Gasteiger partial charge in [-0.15, -0.1) is 0 Å². The molecule has 2 heterocycles. The summed E-state index contributed by atoms with van der Waals surface area (Å²) in [5, 5.41) is 37.4. The third-order valence-electron chi connectivity index (χ3n) is 17.0. The van der Waals surface area contributed by atoms with Crippen molar-refractivity contribution in [1.29, 1.82) is 0 Å². The second kappa shape index (κ2) is 36.1. The first-order valence-corrected chi connectivity index (χ1v) is 32.5. The maximum atomic E-state index is 14.9. The van der Waals surface area contributed by atoms with Crippen LogP contribution >= 0.6 is 0 Å². The average molecular weight is 1270 g/mol. The fourth-order valence-corrected chi connectivity index (χ4v) is 11.7. The van der Waals surface area contributed by atoms with Gasteiger partial charge < -0.3 is 60.9 Å². The Bertz CT molecular complexity index is 2810. The first-order valence-electron chi connectivity index (χ1n) is 32.5. The van der Waals surface area contributed by atoms with Crippen molar-refractivity contribution in [1.82, 2.24) is 56.0 Å². The second-order valence-corrected chi connectivity index (χ2v) is 26.7. The van der Waals surface area contributed by atoms with Gasteiger partial charge in [-0.3, -0.25) is 53.3 Å². The van der Waals surface area contributed by atoms with Gasteiger partial charge in [0.1, 0.15) is 48.5 Å². The van der Waals surface area contributed by atoms with E-state index in [9.17, 15) is 58.2 Å². The highest BCUT2D eigenvalue weighted by Gasteiger charge is 2.42. The number of likely N-dealkylation sites (N-methyl/N-ethyl adjacent to an activating group) is 5. The van der Waals surface area contributed by atoms with Gasteiger partial charge in [0.05, 0.1) is 24.7 Å². The molecule has 1 saturated heterocycles. The summed E-state index contributed by atoms with van der Waals surface area (Å²) in [6.07, 6.45) is 4.71. The smallest absolute Gasteiger partial charge is 0.248 e. The predicted octanol–water partition coefficient (Wildman–Crippen LogP) is 3.49. The third-order valence-corrected chi connectivity index (χ3v) is 17.0. The molecule has 1 fully saturated rings. The first-order chi connectivity index (χ1) is 42.7. The van der Waals surface area contributed by atoms with E-state index in [0.29, 0.717) is 25.9 Å². The van der Waals surface area contributed by atoms with E-state index in [1.165, 1.54) is 70.7 Å². The molecule has 0 spiro atoms. The Labute approximate surface area is 540 Å². The van der Waals surface area contributed by atoms with Crippen molar-refractivity contribution < 1.29 is 58.2 Å². The van der Waals surface area contributed by atoms with Gasteiger partial charge in [-0.2, -0.15) is 0 Å². The van der Waals surface area contributed by atoms with E-state index in [4.69, 9.17) is 0 Å². The zero-order valence-corrected chi connectivity index (χ0v) is 56.9. The van der Waals surface area contributed by atoms with E-state index in [1.54, 1.807) is 18.7 Å². The van der Waals surface area contributed by atoms with Crippen LogP contribution in [0.15, 0.2) is 60.7 Å². The fourth-order valence-electron chi connectivity index (χ4n) is 11.7.